The first-order valence-electron chi connectivity index (χ1n) is 42.8. The summed E-state index contributed by atoms with van der Waals surface area (Å²) in [7, 11) is -9.92. The molecule has 0 aliphatic heterocycles. The Bertz CT molecular complexity index is 1910. The van der Waals surface area contributed by atoms with Crippen molar-refractivity contribution in [3.8, 4) is 0 Å². The van der Waals surface area contributed by atoms with E-state index >= 15 is 0 Å². The van der Waals surface area contributed by atoms with E-state index in [1.165, 1.54) is 276 Å². The summed E-state index contributed by atoms with van der Waals surface area (Å²) in [5, 5.41) is 10.6. The van der Waals surface area contributed by atoms with Crippen LogP contribution < -0.4 is 0 Å². The third-order valence-electron chi connectivity index (χ3n) is 19.4. The van der Waals surface area contributed by atoms with Crippen LogP contribution in [0.5, 0.6) is 0 Å². The Labute approximate surface area is 619 Å². The van der Waals surface area contributed by atoms with E-state index < -0.39 is 97.5 Å². The highest BCUT2D eigenvalue weighted by molar-refractivity contribution is 7.47. The lowest BCUT2D eigenvalue weighted by atomic mass is 10.0. The van der Waals surface area contributed by atoms with Gasteiger partial charge in [-0.3, -0.25) is 37.3 Å². The maximum absolute atomic E-state index is 13.1. The zero-order valence-electron chi connectivity index (χ0n) is 65.9. The molecule has 0 rings (SSSR count). The minimum absolute atomic E-state index is 0.109. The molecule has 0 aromatic heterocycles. The number of carbonyl (C=O) groups excluding carboxylic acids is 4. The van der Waals surface area contributed by atoms with Crippen LogP contribution in [-0.2, 0) is 65.4 Å². The number of phosphoric ester groups is 2. The van der Waals surface area contributed by atoms with E-state index in [4.69, 9.17) is 37.0 Å². The molecule has 0 fully saturated rings. The first-order valence-corrected chi connectivity index (χ1v) is 45.8. The van der Waals surface area contributed by atoms with E-state index in [-0.39, 0.29) is 25.7 Å². The van der Waals surface area contributed by atoms with Crippen molar-refractivity contribution in [2.45, 2.75) is 463 Å². The number of rotatable bonds is 83. The quantitative estimate of drug-likeness (QED) is 0.0222. The van der Waals surface area contributed by atoms with E-state index in [1.54, 1.807) is 0 Å². The number of unbranched alkanes of at least 4 members (excludes halogenated alkanes) is 57. The smallest absolute Gasteiger partial charge is 0.462 e. The zero-order valence-corrected chi connectivity index (χ0v) is 67.7. The molecular formula is C82H160O17P2. The number of carbonyl (C=O) groups is 4. The highest BCUT2D eigenvalue weighted by Crippen LogP contribution is 2.45. The maximum Gasteiger partial charge on any atom is 0.472 e. The SMILES string of the molecule is CCCCCCCCCCCCCCCCCCCCCCC(=O)O[C@H](COC(=O)CCCCCCCCCCCCCCCCCCC)COP(=O)(O)OC[C@@H](O)COP(=O)(O)OC[C@@H](COC(=O)CCCCCCCCCC)OC(=O)CCCCCCCCCCCCCCCCCC. The fraction of sp³-hybridized carbons (Fsp3) is 0.951. The minimum atomic E-state index is -4.96. The fourth-order valence-electron chi connectivity index (χ4n) is 12.8. The van der Waals surface area contributed by atoms with Gasteiger partial charge in [0.25, 0.3) is 0 Å². The Morgan fingerprint density at radius 2 is 0.396 bits per heavy atom. The molecule has 600 valence electrons. The molecular weight excluding hydrogens is 1320 g/mol. The largest absolute Gasteiger partial charge is 0.472 e. The minimum Gasteiger partial charge on any atom is -0.462 e. The number of hydrogen-bond donors (Lipinski definition) is 3. The Morgan fingerprint density at radius 3 is 0.584 bits per heavy atom. The normalized spacial score (nSPS) is 13.8. The van der Waals surface area contributed by atoms with Gasteiger partial charge in [-0.2, -0.15) is 0 Å². The van der Waals surface area contributed by atoms with Crippen LogP contribution in [0.2, 0.25) is 0 Å². The van der Waals surface area contributed by atoms with Gasteiger partial charge in [0.2, 0.25) is 0 Å². The highest BCUT2D eigenvalue weighted by atomic mass is 31.2. The van der Waals surface area contributed by atoms with Gasteiger partial charge in [0.15, 0.2) is 12.2 Å². The van der Waals surface area contributed by atoms with Crippen LogP contribution in [0.25, 0.3) is 0 Å². The van der Waals surface area contributed by atoms with E-state index in [2.05, 4.69) is 27.7 Å². The second kappa shape index (κ2) is 76.3. The van der Waals surface area contributed by atoms with Gasteiger partial charge in [-0.15, -0.1) is 0 Å². The van der Waals surface area contributed by atoms with Crippen LogP contribution in [0.1, 0.15) is 445 Å². The first-order chi connectivity index (χ1) is 49.2. The molecule has 0 amide bonds. The van der Waals surface area contributed by atoms with Gasteiger partial charge >= 0.3 is 39.5 Å². The molecule has 19 heteroatoms. The molecule has 0 heterocycles. The average Bonchev–Trinajstić information content (AvgIpc) is 1.03. The van der Waals surface area contributed by atoms with Gasteiger partial charge in [-0.05, 0) is 25.7 Å². The molecule has 0 aromatic rings. The molecule has 0 spiro atoms. The van der Waals surface area contributed by atoms with Gasteiger partial charge in [-0.1, -0.05) is 394 Å². The van der Waals surface area contributed by atoms with Crippen molar-refractivity contribution in [2.75, 3.05) is 39.6 Å². The van der Waals surface area contributed by atoms with E-state index in [0.717, 1.165) is 89.9 Å². The molecule has 17 nitrogen and oxygen atoms in total. The van der Waals surface area contributed by atoms with Crippen LogP contribution in [-0.4, -0.2) is 96.7 Å². The number of aliphatic hydroxyl groups excluding tert-OH is 1. The average molecular weight is 1480 g/mol. The molecule has 0 aliphatic carbocycles. The van der Waals surface area contributed by atoms with Gasteiger partial charge in [-0.25, -0.2) is 9.13 Å². The predicted molar refractivity (Wildman–Crippen MR) is 414 cm³/mol. The highest BCUT2D eigenvalue weighted by Gasteiger charge is 2.30. The van der Waals surface area contributed by atoms with Gasteiger partial charge < -0.3 is 33.8 Å². The number of esters is 4. The number of aliphatic hydroxyl groups is 1. The van der Waals surface area contributed by atoms with Crippen molar-refractivity contribution in [1.82, 2.24) is 0 Å². The Morgan fingerprint density at radius 1 is 0.238 bits per heavy atom. The molecule has 0 saturated carbocycles. The van der Waals surface area contributed by atoms with Crippen LogP contribution in [0.3, 0.4) is 0 Å². The Hall–Kier alpha value is -1.94. The molecule has 5 atom stereocenters. The molecule has 0 aliphatic rings. The number of phosphoric acid groups is 2. The predicted octanol–water partition coefficient (Wildman–Crippen LogP) is 25.0. The van der Waals surface area contributed by atoms with Crippen molar-refractivity contribution in [2.24, 2.45) is 0 Å². The fourth-order valence-corrected chi connectivity index (χ4v) is 14.4. The van der Waals surface area contributed by atoms with Crippen molar-refractivity contribution < 1.29 is 80.2 Å². The molecule has 2 unspecified atom stereocenters. The molecule has 0 saturated heterocycles. The second-order valence-electron chi connectivity index (χ2n) is 29.5. The summed E-state index contributed by atoms with van der Waals surface area (Å²) in [5.74, 6) is -2.11. The third kappa shape index (κ3) is 76.1. The van der Waals surface area contributed by atoms with Crippen molar-refractivity contribution >= 4 is 39.5 Å². The number of hydrogen-bond acceptors (Lipinski definition) is 15. The molecule has 3 N–H and O–H groups in total. The third-order valence-corrected chi connectivity index (χ3v) is 21.3. The summed E-state index contributed by atoms with van der Waals surface area (Å²) in [6, 6.07) is 0. The summed E-state index contributed by atoms with van der Waals surface area (Å²) < 4.78 is 68.7. The lowest BCUT2D eigenvalue weighted by Gasteiger charge is -2.21. The Kier molecular flexibility index (Phi) is 74.8. The van der Waals surface area contributed by atoms with Crippen LogP contribution in [0, 0.1) is 0 Å². The standard InChI is InChI=1S/C82H160O17P2/c1-5-9-13-17-21-25-28-31-34-37-38-39-41-44-47-50-53-57-61-65-69-82(87)99-78(73-93-80(85)67-63-59-55-51-48-45-43-40-35-32-29-26-22-18-14-10-6-2)75-97-101(90,91)95-71-76(83)70-94-100(88,89)96-74-77(72-92-79(84)66-62-58-54-24-20-16-12-8-4)98-81(86)68-64-60-56-52-49-46-42-36-33-30-27-23-19-15-11-7-3/h76-78,83H,5-75H2,1-4H3,(H,88,89)(H,90,91)/t76-,77+,78+/m0/s1. The summed E-state index contributed by atoms with van der Waals surface area (Å²) in [6.07, 6.45) is 69.5. The molecule has 0 aromatic carbocycles. The summed E-state index contributed by atoms with van der Waals surface area (Å²) in [4.78, 5) is 73.0. The van der Waals surface area contributed by atoms with Crippen molar-refractivity contribution in [1.29, 1.82) is 0 Å². The lowest BCUT2D eigenvalue weighted by Crippen LogP contribution is -2.30. The number of ether oxygens (including phenoxy) is 4. The van der Waals surface area contributed by atoms with Gasteiger partial charge in [0.1, 0.15) is 19.3 Å². The summed E-state index contributed by atoms with van der Waals surface area (Å²) in [5.41, 5.74) is 0. The Balaban J connectivity index is 5.19. The molecule has 0 radical (unpaired) electrons. The molecule has 101 heavy (non-hydrogen) atoms. The molecule has 0 bridgehead atoms. The topological polar surface area (TPSA) is 237 Å². The van der Waals surface area contributed by atoms with Gasteiger partial charge in [0, 0.05) is 25.7 Å². The van der Waals surface area contributed by atoms with Crippen molar-refractivity contribution in [3.05, 3.63) is 0 Å². The van der Waals surface area contributed by atoms with Crippen LogP contribution in [0.15, 0.2) is 0 Å². The first kappa shape index (κ1) is 99.1. The van der Waals surface area contributed by atoms with Gasteiger partial charge in [0.05, 0.1) is 26.4 Å². The van der Waals surface area contributed by atoms with Crippen molar-refractivity contribution in [3.63, 3.8) is 0 Å². The second-order valence-corrected chi connectivity index (χ2v) is 32.4. The van der Waals surface area contributed by atoms with Crippen LogP contribution in [0.4, 0.5) is 0 Å². The monoisotopic (exact) mass is 1480 g/mol. The lowest BCUT2D eigenvalue weighted by molar-refractivity contribution is -0.161. The van der Waals surface area contributed by atoms with E-state index in [1.807, 2.05) is 0 Å². The van der Waals surface area contributed by atoms with E-state index in [9.17, 15) is 43.2 Å². The summed E-state index contributed by atoms with van der Waals surface area (Å²) in [6.45, 7) is 5.01. The zero-order chi connectivity index (χ0) is 73.9. The van der Waals surface area contributed by atoms with E-state index in [0.29, 0.717) is 25.7 Å². The summed E-state index contributed by atoms with van der Waals surface area (Å²) >= 11 is 0. The van der Waals surface area contributed by atoms with Crippen LogP contribution >= 0.6 is 15.6 Å². The maximum atomic E-state index is 13.1.